The zero-order chi connectivity index (χ0) is 12.9. The Bertz CT molecular complexity index is 283. The molecule has 0 saturated carbocycles. The molecule has 5 heteroatoms. The molecule has 17 heavy (non-hydrogen) atoms. The third-order valence-electron chi connectivity index (χ3n) is 3.05. The second-order valence-electron chi connectivity index (χ2n) is 5.27. The number of amides is 1. The average Bonchev–Trinajstić information content (AvgIpc) is 2.27. The van der Waals surface area contributed by atoms with Gasteiger partial charge >= 0.3 is 5.97 Å². The number of aliphatic carboxylic acids is 1. The second-order valence-corrected chi connectivity index (χ2v) is 5.27. The zero-order valence-corrected chi connectivity index (χ0v) is 10.6. The van der Waals surface area contributed by atoms with Crippen LogP contribution in [-0.4, -0.2) is 35.1 Å². The Labute approximate surface area is 102 Å². The van der Waals surface area contributed by atoms with Crippen molar-refractivity contribution in [2.24, 2.45) is 0 Å². The molecule has 0 aromatic rings. The predicted octanol–water partition coefficient (Wildman–Crippen LogP) is 0.888. The number of rotatable bonds is 5. The van der Waals surface area contributed by atoms with Crippen LogP contribution in [0.15, 0.2) is 0 Å². The van der Waals surface area contributed by atoms with Gasteiger partial charge in [0.25, 0.3) is 0 Å². The molecule has 5 nitrogen and oxygen atoms in total. The molecular weight excluding hydrogens is 220 g/mol. The first kappa shape index (κ1) is 14.0. The molecule has 1 amide bonds. The quantitative estimate of drug-likeness (QED) is 0.669. The van der Waals surface area contributed by atoms with Crippen molar-refractivity contribution in [3.8, 4) is 0 Å². The molecule has 1 fully saturated rings. The van der Waals surface area contributed by atoms with Gasteiger partial charge in [-0.1, -0.05) is 6.42 Å². The van der Waals surface area contributed by atoms with Crippen LogP contribution in [0.4, 0.5) is 0 Å². The Morgan fingerprint density at radius 1 is 1.41 bits per heavy atom. The second kappa shape index (κ2) is 6.00. The molecule has 0 radical (unpaired) electrons. The van der Waals surface area contributed by atoms with Gasteiger partial charge in [-0.15, -0.1) is 0 Å². The molecule has 1 aliphatic heterocycles. The van der Waals surface area contributed by atoms with Crippen molar-refractivity contribution < 1.29 is 14.7 Å². The van der Waals surface area contributed by atoms with Crippen LogP contribution >= 0.6 is 0 Å². The Hall–Kier alpha value is -1.10. The highest BCUT2D eigenvalue weighted by Crippen LogP contribution is 2.13. The first-order valence-corrected chi connectivity index (χ1v) is 6.18. The van der Waals surface area contributed by atoms with Crippen molar-refractivity contribution in [2.75, 3.05) is 6.54 Å². The van der Waals surface area contributed by atoms with Gasteiger partial charge in [0.2, 0.25) is 5.91 Å². The van der Waals surface area contributed by atoms with Gasteiger partial charge in [-0.25, -0.2) is 0 Å². The van der Waals surface area contributed by atoms with Gasteiger partial charge in [-0.05, 0) is 39.7 Å². The van der Waals surface area contributed by atoms with E-state index in [4.69, 9.17) is 5.11 Å². The fourth-order valence-corrected chi connectivity index (χ4v) is 1.98. The van der Waals surface area contributed by atoms with Gasteiger partial charge in [0.15, 0.2) is 0 Å². The van der Waals surface area contributed by atoms with Crippen molar-refractivity contribution in [1.82, 2.24) is 10.6 Å². The monoisotopic (exact) mass is 242 g/mol. The van der Waals surface area contributed by atoms with Crippen LogP contribution in [0.25, 0.3) is 0 Å². The standard InChI is InChI=1S/C12H22N2O3/c1-12(2,7-6-10(15)16)14-11(17)9-5-3-4-8-13-9/h9,13H,3-8H2,1-2H3,(H,14,17)(H,15,16)/t9-/m0/s1. The summed E-state index contributed by atoms with van der Waals surface area (Å²) in [5.41, 5.74) is -0.464. The molecule has 0 aliphatic carbocycles. The van der Waals surface area contributed by atoms with Crippen LogP contribution in [-0.2, 0) is 9.59 Å². The van der Waals surface area contributed by atoms with Crippen molar-refractivity contribution >= 4 is 11.9 Å². The van der Waals surface area contributed by atoms with E-state index in [0.717, 1.165) is 25.8 Å². The van der Waals surface area contributed by atoms with Crippen LogP contribution < -0.4 is 10.6 Å². The minimum atomic E-state index is -0.830. The number of hydrogen-bond donors (Lipinski definition) is 3. The first-order valence-electron chi connectivity index (χ1n) is 6.18. The zero-order valence-electron chi connectivity index (χ0n) is 10.6. The van der Waals surface area contributed by atoms with E-state index in [1.54, 1.807) is 0 Å². The molecule has 1 aliphatic rings. The van der Waals surface area contributed by atoms with Gasteiger partial charge in [-0.2, -0.15) is 0 Å². The lowest BCUT2D eigenvalue weighted by atomic mass is 9.96. The summed E-state index contributed by atoms with van der Waals surface area (Å²) in [7, 11) is 0. The SMILES string of the molecule is CC(C)(CCC(=O)O)NC(=O)[C@@H]1CCCCN1. The number of carboxylic acid groups (broad SMARTS) is 1. The number of carbonyl (C=O) groups is 2. The van der Waals surface area contributed by atoms with E-state index in [2.05, 4.69) is 10.6 Å². The third-order valence-corrected chi connectivity index (χ3v) is 3.05. The summed E-state index contributed by atoms with van der Waals surface area (Å²) in [4.78, 5) is 22.4. The van der Waals surface area contributed by atoms with E-state index >= 15 is 0 Å². The molecular formula is C12H22N2O3. The summed E-state index contributed by atoms with van der Waals surface area (Å²) >= 11 is 0. The van der Waals surface area contributed by atoms with Crippen LogP contribution in [0, 0.1) is 0 Å². The van der Waals surface area contributed by atoms with E-state index < -0.39 is 11.5 Å². The lowest BCUT2D eigenvalue weighted by Crippen LogP contribution is -2.53. The smallest absolute Gasteiger partial charge is 0.303 e. The van der Waals surface area contributed by atoms with E-state index in [1.807, 2.05) is 13.8 Å². The molecule has 1 saturated heterocycles. The highest BCUT2D eigenvalue weighted by molar-refractivity contribution is 5.82. The number of piperidine rings is 1. The maximum absolute atomic E-state index is 11.9. The van der Waals surface area contributed by atoms with E-state index in [9.17, 15) is 9.59 Å². The summed E-state index contributed by atoms with van der Waals surface area (Å²) in [5.74, 6) is -0.844. The molecule has 1 atom stereocenters. The summed E-state index contributed by atoms with van der Waals surface area (Å²) < 4.78 is 0. The molecule has 0 aromatic heterocycles. The number of nitrogens with one attached hydrogen (secondary N) is 2. The Morgan fingerprint density at radius 3 is 2.65 bits per heavy atom. The average molecular weight is 242 g/mol. The van der Waals surface area contributed by atoms with Gasteiger partial charge < -0.3 is 15.7 Å². The summed E-state index contributed by atoms with van der Waals surface area (Å²) in [6.07, 6.45) is 3.57. The molecule has 0 aromatic carbocycles. The predicted molar refractivity (Wildman–Crippen MR) is 64.7 cm³/mol. The fourth-order valence-electron chi connectivity index (χ4n) is 1.98. The minimum Gasteiger partial charge on any atom is -0.481 e. The molecule has 0 bridgehead atoms. The Balaban J connectivity index is 2.39. The van der Waals surface area contributed by atoms with Crippen molar-refractivity contribution in [1.29, 1.82) is 0 Å². The maximum atomic E-state index is 11.9. The Morgan fingerprint density at radius 2 is 2.12 bits per heavy atom. The van der Waals surface area contributed by atoms with Crippen molar-refractivity contribution in [3.05, 3.63) is 0 Å². The number of hydrogen-bond acceptors (Lipinski definition) is 3. The summed E-state index contributed by atoms with van der Waals surface area (Å²) in [5, 5.41) is 14.7. The molecule has 1 rings (SSSR count). The van der Waals surface area contributed by atoms with Gasteiger partial charge in [-0.3, -0.25) is 9.59 Å². The summed E-state index contributed by atoms with van der Waals surface area (Å²) in [6.45, 7) is 4.60. The third kappa shape index (κ3) is 5.17. The van der Waals surface area contributed by atoms with E-state index in [1.165, 1.54) is 0 Å². The highest BCUT2D eigenvalue weighted by Gasteiger charge is 2.27. The van der Waals surface area contributed by atoms with Crippen LogP contribution in [0.5, 0.6) is 0 Å². The minimum absolute atomic E-state index is 0.0138. The largest absolute Gasteiger partial charge is 0.481 e. The maximum Gasteiger partial charge on any atom is 0.303 e. The van der Waals surface area contributed by atoms with Gasteiger partial charge in [0.05, 0.1) is 6.04 Å². The molecule has 3 N–H and O–H groups in total. The van der Waals surface area contributed by atoms with Gasteiger partial charge in [0, 0.05) is 12.0 Å². The van der Waals surface area contributed by atoms with Crippen LogP contribution in [0.3, 0.4) is 0 Å². The first-order chi connectivity index (χ1) is 7.91. The lowest BCUT2D eigenvalue weighted by molar-refractivity contribution is -0.138. The van der Waals surface area contributed by atoms with E-state index in [-0.39, 0.29) is 18.4 Å². The number of carbonyl (C=O) groups excluding carboxylic acids is 1. The highest BCUT2D eigenvalue weighted by atomic mass is 16.4. The van der Waals surface area contributed by atoms with E-state index in [0.29, 0.717) is 6.42 Å². The van der Waals surface area contributed by atoms with Crippen molar-refractivity contribution in [3.63, 3.8) is 0 Å². The van der Waals surface area contributed by atoms with Crippen molar-refractivity contribution in [2.45, 2.75) is 57.5 Å². The molecule has 1 heterocycles. The number of carboxylic acids is 1. The molecule has 0 spiro atoms. The molecule has 98 valence electrons. The van der Waals surface area contributed by atoms with Crippen LogP contribution in [0.2, 0.25) is 0 Å². The fraction of sp³-hybridized carbons (Fsp3) is 0.833. The van der Waals surface area contributed by atoms with Gasteiger partial charge in [0.1, 0.15) is 0 Å². The summed E-state index contributed by atoms with van der Waals surface area (Å²) in [6, 6.07) is -0.118. The Kier molecular flexibility index (Phi) is 4.93. The topological polar surface area (TPSA) is 78.4 Å². The normalized spacial score (nSPS) is 20.9. The van der Waals surface area contributed by atoms with Crippen LogP contribution in [0.1, 0.15) is 46.0 Å². The lowest BCUT2D eigenvalue weighted by Gasteiger charge is -2.30. The molecule has 0 unspecified atom stereocenters.